The van der Waals surface area contributed by atoms with Gasteiger partial charge >= 0.3 is 5.97 Å². The predicted molar refractivity (Wildman–Crippen MR) is 77.4 cm³/mol. The molecule has 0 spiro atoms. The molecule has 0 aliphatic heterocycles. The maximum atomic E-state index is 11.6. The Kier molecular flexibility index (Phi) is 6.13. The Balaban J connectivity index is 2.49. The molecule has 0 aromatic carbocycles. The van der Waals surface area contributed by atoms with Gasteiger partial charge in [-0.1, -0.05) is 6.92 Å². The van der Waals surface area contributed by atoms with Crippen LogP contribution in [0.1, 0.15) is 33.6 Å². The minimum Gasteiger partial charge on any atom is -0.480 e. The first-order valence-electron chi connectivity index (χ1n) is 6.78. The summed E-state index contributed by atoms with van der Waals surface area (Å²) < 4.78 is 0. The molecule has 5 nitrogen and oxygen atoms in total. The zero-order valence-electron chi connectivity index (χ0n) is 11.9. The fourth-order valence-corrected chi connectivity index (χ4v) is 3.34. The van der Waals surface area contributed by atoms with Gasteiger partial charge in [-0.05, 0) is 39.2 Å². The Hall–Kier alpha value is -0.750. The van der Waals surface area contributed by atoms with Crippen LogP contribution < -0.4 is 10.6 Å². The Morgan fingerprint density at radius 3 is 2.47 bits per heavy atom. The van der Waals surface area contributed by atoms with Crippen molar-refractivity contribution in [3.63, 3.8) is 0 Å². The van der Waals surface area contributed by atoms with Crippen LogP contribution in [0.3, 0.4) is 0 Å². The largest absolute Gasteiger partial charge is 0.480 e. The van der Waals surface area contributed by atoms with E-state index in [1.807, 2.05) is 20.8 Å². The lowest BCUT2D eigenvalue weighted by atomic mass is 9.96. The third-order valence-electron chi connectivity index (χ3n) is 3.16. The van der Waals surface area contributed by atoms with Crippen molar-refractivity contribution in [2.24, 2.45) is 5.92 Å². The smallest absolute Gasteiger partial charge is 0.325 e. The second-order valence-electron chi connectivity index (χ2n) is 5.30. The van der Waals surface area contributed by atoms with Gasteiger partial charge in [-0.2, -0.15) is 0 Å². The molecule has 1 amide bonds. The first-order valence-corrected chi connectivity index (χ1v) is 7.93. The monoisotopic (exact) mass is 288 g/mol. The van der Waals surface area contributed by atoms with Crippen LogP contribution >= 0.6 is 11.8 Å². The third-order valence-corrected chi connectivity index (χ3v) is 4.29. The Labute approximate surface area is 118 Å². The van der Waals surface area contributed by atoms with Gasteiger partial charge in [0.2, 0.25) is 5.91 Å². The summed E-state index contributed by atoms with van der Waals surface area (Å²) in [7, 11) is 0. The van der Waals surface area contributed by atoms with Gasteiger partial charge < -0.3 is 15.7 Å². The number of carbonyl (C=O) groups excluding carboxylic acids is 1. The van der Waals surface area contributed by atoms with Gasteiger partial charge in [0.1, 0.15) is 5.54 Å². The maximum absolute atomic E-state index is 11.6. The van der Waals surface area contributed by atoms with E-state index in [0.717, 1.165) is 12.8 Å². The van der Waals surface area contributed by atoms with E-state index in [4.69, 9.17) is 0 Å². The van der Waals surface area contributed by atoms with Crippen molar-refractivity contribution in [1.82, 2.24) is 10.6 Å². The highest BCUT2D eigenvalue weighted by atomic mass is 32.2. The summed E-state index contributed by atoms with van der Waals surface area (Å²) in [5.41, 5.74) is -0.864. The molecule has 0 saturated heterocycles. The van der Waals surface area contributed by atoms with Crippen molar-refractivity contribution in [1.29, 1.82) is 0 Å². The van der Waals surface area contributed by atoms with Gasteiger partial charge in [0.15, 0.2) is 0 Å². The lowest BCUT2D eigenvalue weighted by Gasteiger charge is -2.30. The number of rotatable bonds is 9. The SMILES string of the molecule is CCNC(CSCC(=O)NC(C)C)(C(=O)O)C1CC1. The van der Waals surface area contributed by atoms with Crippen LogP contribution in [0.25, 0.3) is 0 Å². The molecule has 1 fully saturated rings. The number of thioether (sulfide) groups is 1. The minimum atomic E-state index is -0.864. The van der Waals surface area contributed by atoms with Crippen LogP contribution in [-0.4, -0.2) is 46.6 Å². The summed E-state index contributed by atoms with van der Waals surface area (Å²) in [6.45, 7) is 6.36. The highest BCUT2D eigenvalue weighted by Crippen LogP contribution is 2.41. The quantitative estimate of drug-likeness (QED) is 0.592. The number of amides is 1. The summed E-state index contributed by atoms with van der Waals surface area (Å²) >= 11 is 1.39. The molecule has 1 saturated carbocycles. The van der Waals surface area contributed by atoms with Crippen LogP contribution in [0.4, 0.5) is 0 Å². The van der Waals surface area contributed by atoms with E-state index in [1.54, 1.807) is 0 Å². The zero-order valence-corrected chi connectivity index (χ0v) is 12.7. The Morgan fingerprint density at radius 1 is 1.42 bits per heavy atom. The number of carbonyl (C=O) groups is 2. The van der Waals surface area contributed by atoms with Gasteiger partial charge in [-0.3, -0.25) is 9.59 Å². The van der Waals surface area contributed by atoms with E-state index >= 15 is 0 Å². The lowest BCUT2D eigenvalue weighted by Crippen LogP contribution is -2.56. The van der Waals surface area contributed by atoms with E-state index < -0.39 is 11.5 Å². The number of carboxylic acid groups (broad SMARTS) is 1. The van der Waals surface area contributed by atoms with Crippen LogP contribution in [0.2, 0.25) is 0 Å². The first kappa shape index (κ1) is 16.3. The van der Waals surface area contributed by atoms with E-state index in [9.17, 15) is 14.7 Å². The molecule has 110 valence electrons. The number of carboxylic acids is 1. The molecule has 1 aliphatic rings. The van der Waals surface area contributed by atoms with Crippen LogP contribution in [0, 0.1) is 5.92 Å². The van der Waals surface area contributed by atoms with E-state index in [1.165, 1.54) is 11.8 Å². The normalized spacial score (nSPS) is 18.1. The zero-order chi connectivity index (χ0) is 14.5. The molecule has 0 aromatic rings. The van der Waals surface area contributed by atoms with Crippen LogP contribution in [0.5, 0.6) is 0 Å². The third kappa shape index (κ3) is 4.69. The van der Waals surface area contributed by atoms with Crippen molar-refractivity contribution in [2.45, 2.75) is 45.2 Å². The number of hydrogen-bond acceptors (Lipinski definition) is 4. The summed E-state index contributed by atoms with van der Waals surface area (Å²) in [5, 5.41) is 15.4. The van der Waals surface area contributed by atoms with Gasteiger partial charge in [-0.25, -0.2) is 0 Å². The molecule has 1 atom stereocenters. The van der Waals surface area contributed by atoms with E-state index in [-0.39, 0.29) is 17.9 Å². The van der Waals surface area contributed by atoms with Gasteiger partial charge in [0.25, 0.3) is 0 Å². The van der Waals surface area contributed by atoms with Gasteiger partial charge in [0.05, 0.1) is 5.75 Å². The summed E-state index contributed by atoms with van der Waals surface area (Å²) in [4.78, 5) is 23.1. The Morgan fingerprint density at radius 2 is 2.05 bits per heavy atom. The van der Waals surface area contributed by atoms with Gasteiger partial charge in [-0.15, -0.1) is 11.8 Å². The molecule has 0 aromatic heterocycles. The number of aliphatic carboxylic acids is 1. The van der Waals surface area contributed by atoms with Crippen molar-refractivity contribution in [3.8, 4) is 0 Å². The average Bonchev–Trinajstić information content (AvgIpc) is 3.10. The lowest BCUT2D eigenvalue weighted by molar-refractivity contribution is -0.144. The molecule has 0 radical (unpaired) electrons. The molecular formula is C13H24N2O3S. The molecule has 0 bridgehead atoms. The average molecular weight is 288 g/mol. The second kappa shape index (κ2) is 7.14. The molecule has 19 heavy (non-hydrogen) atoms. The molecule has 6 heteroatoms. The molecule has 3 N–H and O–H groups in total. The van der Waals surface area contributed by atoms with Crippen molar-refractivity contribution >= 4 is 23.6 Å². The van der Waals surface area contributed by atoms with Gasteiger partial charge in [0, 0.05) is 11.8 Å². The standard InChI is InChI=1S/C13H24N2O3S/c1-4-14-13(12(17)18,10-5-6-10)8-19-7-11(16)15-9(2)3/h9-10,14H,4-8H2,1-3H3,(H,15,16)(H,17,18). The van der Waals surface area contributed by atoms with Crippen molar-refractivity contribution in [2.75, 3.05) is 18.1 Å². The fraction of sp³-hybridized carbons (Fsp3) is 0.846. The molecule has 1 rings (SSSR count). The van der Waals surface area contributed by atoms with E-state index in [2.05, 4.69) is 10.6 Å². The maximum Gasteiger partial charge on any atom is 0.325 e. The fourth-order valence-electron chi connectivity index (χ4n) is 2.19. The van der Waals surface area contributed by atoms with Crippen molar-refractivity contribution in [3.05, 3.63) is 0 Å². The number of nitrogens with one attached hydrogen (secondary N) is 2. The van der Waals surface area contributed by atoms with Crippen LogP contribution in [0.15, 0.2) is 0 Å². The minimum absolute atomic E-state index is 0.0356. The number of likely N-dealkylation sites (N-methyl/N-ethyl adjacent to an activating group) is 1. The predicted octanol–water partition coefficient (Wildman–Crippen LogP) is 1.09. The highest BCUT2D eigenvalue weighted by Gasteiger charge is 2.50. The summed E-state index contributed by atoms with van der Waals surface area (Å²) in [6, 6.07) is 0.120. The second-order valence-corrected chi connectivity index (χ2v) is 6.28. The highest BCUT2D eigenvalue weighted by molar-refractivity contribution is 8.00. The van der Waals surface area contributed by atoms with Crippen molar-refractivity contribution < 1.29 is 14.7 Å². The molecule has 0 heterocycles. The first-order chi connectivity index (χ1) is 8.92. The Bertz CT molecular complexity index is 332. The van der Waals surface area contributed by atoms with E-state index in [0.29, 0.717) is 18.1 Å². The topological polar surface area (TPSA) is 78.4 Å². The number of hydrogen-bond donors (Lipinski definition) is 3. The van der Waals surface area contributed by atoms with Crippen LogP contribution in [-0.2, 0) is 9.59 Å². The molecule has 1 unspecified atom stereocenters. The summed E-state index contributed by atoms with van der Waals surface area (Å²) in [6.07, 6.45) is 1.91. The molecular weight excluding hydrogens is 264 g/mol. The summed E-state index contributed by atoms with van der Waals surface area (Å²) in [5.74, 6) is 0.114. The molecule has 1 aliphatic carbocycles.